The molecule has 140 valence electrons. The van der Waals surface area contributed by atoms with Gasteiger partial charge in [-0.15, -0.1) is 0 Å². The van der Waals surface area contributed by atoms with Gasteiger partial charge in [0.15, 0.2) is 0 Å². The quantitative estimate of drug-likeness (QED) is 0.607. The zero-order valence-corrected chi connectivity index (χ0v) is 15.4. The van der Waals surface area contributed by atoms with Gasteiger partial charge in [-0.1, -0.05) is 22.0 Å². The number of ether oxygens (including phenoxy) is 1. The fourth-order valence-electron chi connectivity index (χ4n) is 2.74. The van der Waals surface area contributed by atoms with Crippen molar-refractivity contribution < 1.29 is 22.7 Å². The lowest BCUT2D eigenvalue weighted by Crippen LogP contribution is -2.28. The second-order valence-corrected chi connectivity index (χ2v) is 6.54. The third-order valence-electron chi connectivity index (χ3n) is 4.02. The topological polar surface area (TPSA) is 74.3 Å². The number of anilines is 1. The standard InChI is InChI=1S/C18H12BrF3N2O3/c1-27-17(26)14-15(23)12-7-2-9(18(20,21)22)8-13(12)24(16(14)25)11-5-3-10(19)4-6-11/h2-8H,23H2,1H3. The van der Waals surface area contributed by atoms with E-state index in [4.69, 9.17) is 5.73 Å². The molecule has 0 amide bonds. The average molecular weight is 441 g/mol. The number of hydrogen-bond acceptors (Lipinski definition) is 4. The minimum Gasteiger partial charge on any atom is -0.465 e. The highest BCUT2D eigenvalue weighted by Crippen LogP contribution is 2.34. The average Bonchev–Trinajstić information content (AvgIpc) is 2.62. The number of methoxy groups -OCH3 is 1. The number of nitrogen functional groups attached to an aromatic ring is 1. The van der Waals surface area contributed by atoms with Gasteiger partial charge in [0.2, 0.25) is 0 Å². The highest BCUT2D eigenvalue weighted by atomic mass is 79.9. The summed E-state index contributed by atoms with van der Waals surface area (Å²) < 4.78 is 45.8. The van der Waals surface area contributed by atoms with Crippen molar-refractivity contribution >= 4 is 38.5 Å². The molecule has 0 unspecified atom stereocenters. The molecule has 1 heterocycles. The molecule has 0 radical (unpaired) electrons. The van der Waals surface area contributed by atoms with Gasteiger partial charge in [-0.3, -0.25) is 9.36 Å². The number of rotatable bonds is 2. The molecule has 0 bridgehead atoms. The van der Waals surface area contributed by atoms with Gasteiger partial charge in [-0.25, -0.2) is 4.79 Å². The molecular formula is C18H12BrF3N2O3. The van der Waals surface area contributed by atoms with Crippen LogP contribution in [0.1, 0.15) is 15.9 Å². The molecule has 27 heavy (non-hydrogen) atoms. The number of alkyl halides is 3. The molecule has 0 saturated heterocycles. The Morgan fingerprint density at radius 3 is 2.33 bits per heavy atom. The predicted molar refractivity (Wildman–Crippen MR) is 98.0 cm³/mol. The van der Waals surface area contributed by atoms with E-state index < -0.39 is 28.8 Å². The summed E-state index contributed by atoms with van der Waals surface area (Å²) in [5, 5.41) is 0.130. The van der Waals surface area contributed by atoms with E-state index >= 15 is 0 Å². The maximum atomic E-state index is 13.2. The van der Waals surface area contributed by atoms with Gasteiger partial charge in [-0.05, 0) is 36.4 Å². The van der Waals surface area contributed by atoms with Crippen molar-refractivity contribution in [1.29, 1.82) is 0 Å². The number of fused-ring (bicyclic) bond motifs is 1. The molecule has 5 nitrogen and oxygen atoms in total. The smallest absolute Gasteiger partial charge is 0.416 e. The SMILES string of the molecule is COC(=O)c1c(N)c2ccc(C(F)(F)F)cc2n(-c2ccc(Br)cc2)c1=O. The minimum atomic E-state index is -4.61. The molecular weight excluding hydrogens is 429 g/mol. The molecule has 2 N–H and O–H groups in total. The van der Waals surface area contributed by atoms with Gasteiger partial charge in [0.25, 0.3) is 5.56 Å². The van der Waals surface area contributed by atoms with Gasteiger partial charge in [0, 0.05) is 15.5 Å². The van der Waals surface area contributed by atoms with Crippen molar-refractivity contribution in [2.45, 2.75) is 6.18 Å². The van der Waals surface area contributed by atoms with Crippen molar-refractivity contribution in [3.05, 3.63) is 68.4 Å². The second-order valence-electron chi connectivity index (χ2n) is 5.63. The molecule has 0 spiro atoms. The lowest BCUT2D eigenvalue weighted by atomic mass is 10.1. The van der Waals surface area contributed by atoms with Gasteiger partial charge in [-0.2, -0.15) is 13.2 Å². The van der Waals surface area contributed by atoms with E-state index in [1.807, 2.05) is 0 Å². The van der Waals surface area contributed by atoms with Crippen LogP contribution in [0.5, 0.6) is 0 Å². The van der Waals surface area contributed by atoms with Gasteiger partial charge >= 0.3 is 12.1 Å². The molecule has 3 rings (SSSR count). The highest BCUT2D eigenvalue weighted by Gasteiger charge is 2.32. The number of aromatic nitrogens is 1. The zero-order chi connectivity index (χ0) is 19.9. The Bertz CT molecular complexity index is 1110. The Balaban J connectivity index is 2.50. The first-order chi connectivity index (χ1) is 12.6. The van der Waals surface area contributed by atoms with Crippen LogP contribution in [-0.4, -0.2) is 17.6 Å². The summed E-state index contributed by atoms with van der Waals surface area (Å²) >= 11 is 3.25. The van der Waals surface area contributed by atoms with E-state index in [0.717, 1.165) is 29.9 Å². The van der Waals surface area contributed by atoms with Crippen LogP contribution in [0, 0.1) is 0 Å². The first kappa shape index (κ1) is 19.0. The fourth-order valence-corrected chi connectivity index (χ4v) is 3.00. The highest BCUT2D eigenvalue weighted by molar-refractivity contribution is 9.10. The maximum Gasteiger partial charge on any atom is 0.416 e. The Hall–Kier alpha value is -2.81. The Morgan fingerprint density at radius 1 is 1.15 bits per heavy atom. The molecule has 1 aromatic heterocycles. The lowest BCUT2D eigenvalue weighted by molar-refractivity contribution is -0.137. The molecule has 0 aliphatic rings. The lowest BCUT2D eigenvalue weighted by Gasteiger charge is -2.17. The summed E-state index contributed by atoms with van der Waals surface area (Å²) in [5.41, 5.74) is 3.66. The van der Waals surface area contributed by atoms with Crippen LogP contribution >= 0.6 is 15.9 Å². The van der Waals surface area contributed by atoms with E-state index in [2.05, 4.69) is 20.7 Å². The van der Waals surface area contributed by atoms with Crippen molar-refractivity contribution in [3.63, 3.8) is 0 Å². The summed E-state index contributed by atoms with van der Waals surface area (Å²) in [6.45, 7) is 0. The molecule has 0 saturated carbocycles. The molecule has 0 aliphatic heterocycles. The number of benzene rings is 2. The van der Waals surface area contributed by atoms with Crippen LogP contribution < -0.4 is 11.3 Å². The molecule has 9 heteroatoms. The summed E-state index contributed by atoms with van der Waals surface area (Å²) in [4.78, 5) is 25.0. The van der Waals surface area contributed by atoms with E-state index in [0.29, 0.717) is 4.47 Å². The summed E-state index contributed by atoms with van der Waals surface area (Å²) in [6, 6.07) is 9.11. The van der Waals surface area contributed by atoms with E-state index in [-0.39, 0.29) is 22.3 Å². The predicted octanol–water partition coefficient (Wildman–Crippen LogP) is 4.14. The van der Waals surface area contributed by atoms with E-state index in [1.54, 1.807) is 12.1 Å². The number of halogens is 4. The molecule has 0 fully saturated rings. The van der Waals surface area contributed by atoms with E-state index in [1.165, 1.54) is 12.1 Å². The summed E-state index contributed by atoms with van der Waals surface area (Å²) in [7, 11) is 1.09. The molecule has 0 atom stereocenters. The van der Waals surface area contributed by atoms with Gasteiger partial charge < -0.3 is 10.5 Å². The fraction of sp³-hybridized carbons (Fsp3) is 0.111. The minimum absolute atomic E-state index is 0.0673. The van der Waals surface area contributed by atoms with Crippen LogP contribution in [-0.2, 0) is 10.9 Å². The number of hydrogen-bond donors (Lipinski definition) is 1. The third kappa shape index (κ3) is 3.30. The number of pyridine rings is 1. The number of carbonyl (C=O) groups excluding carboxylic acids is 1. The third-order valence-corrected chi connectivity index (χ3v) is 4.55. The first-order valence-electron chi connectivity index (χ1n) is 7.55. The van der Waals surface area contributed by atoms with Crippen molar-refractivity contribution in [3.8, 4) is 5.69 Å². The molecule has 2 aromatic carbocycles. The molecule has 0 aliphatic carbocycles. The Morgan fingerprint density at radius 2 is 1.78 bits per heavy atom. The monoisotopic (exact) mass is 440 g/mol. The second kappa shape index (κ2) is 6.73. The number of esters is 1. The molecule has 3 aromatic rings. The zero-order valence-electron chi connectivity index (χ0n) is 13.8. The number of nitrogens with two attached hydrogens (primary N) is 1. The van der Waals surface area contributed by atoms with E-state index in [9.17, 15) is 22.8 Å². The van der Waals surface area contributed by atoms with Gasteiger partial charge in [0.1, 0.15) is 5.56 Å². The van der Waals surface area contributed by atoms with Crippen LogP contribution in [0.3, 0.4) is 0 Å². The Kier molecular flexibility index (Phi) is 4.73. The maximum absolute atomic E-state index is 13.2. The van der Waals surface area contributed by atoms with Crippen molar-refractivity contribution in [2.75, 3.05) is 12.8 Å². The van der Waals surface area contributed by atoms with Crippen molar-refractivity contribution in [1.82, 2.24) is 4.57 Å². The van der Waals surface area contributed by atoms with Crippen LogP contribution in [0.4, 0.5) is 18.9 Å². The van der Waals surface area contributed by atoms with Crippen molar-refractivity contribution in [2.24, 2.45) is 0 Å². The van der Waals surface area contributed by atoms with Crippen LogP contribution in [0.2, 0.25) is 0 Å². The van der Waals surface area contributed by atoms with Crippen LogP contribution in [0.25, 0.3) is 16.6 Å². The first-order valence-corrected chi connectivity index (χ1v) is 8.34. The summed E-state index contributed by atoms with van der Waals surface area (Å²) in [5.74, 6) is -0.967. The number of nitrogens with zero attached hydrogens (tertiary/aromatic N) is 1. The Labute approximate surface area is 159 Å². The number of carbonyl (C=O) groups is 1. The summed E-state index contributed by atoms with van der Waals surface area (Å²) in [6.07, 6.45) is -4.61. The van der Waals surface area contributed by atoms with Crippen LogP contribution in [0.15, 0.2) is 51.7 Å². The normalized spacial score (nSPS) is 11.6. The van der Waals surface area contributed by atoms with Gasteiger partial charge in [0.05, 0.1) is 23.9 Å². The largest absolute Gasteiger partial charge is 0.465 e.